The summed E-state index contributed by atoms with van der Waals surface area (Å²) in [5.41, 5.74) is -1.12. The van der Waals surface area contributed by atoms with E-state index in [0.717, 1.165) is 12.1 Å². The molecule has 2 aromatic carbocycles. The summed E-state index contributed by atoms with van der Waals surface area (Å²) in [5.74, 6) is -1.08. The molecule has 0 aliphatic carbocycles. The van der Waals surface area contributed by atoms with Gasteiger partial charge in [-0.05, 0) is 30.3 Å². The highest BCUT2D eigenvalue weighted by Gasteiger charge is 2.31. The third-order valence-corrected chi connectivity index (χ3v) is 3.42. The zero-order valence-electron chi connectivity index (χ0n) is 11.7. The van der Waals surface area contributed by atoms with Crippen LogP contribution in [0.5, 0.6) is 11.5 Å². The number of carbonyl (C=O) groups excluding carboxylic acids is 1. The van der Waals surface area contributed by atoms with Crippen LogP contribution in [0.3, 0.4) is 0 Å². The number of hydrogen-bond acceptors (Lipinski definition) is 3. The Morgan fingerprint density at radius 1 is 1.22 bits per heavy atom. The minimum absolute atomic E-state index is 0.0476. The van der Waals surface area contributed by atoms with Crippen LogP contribution in [0.15, 0.2) is 40.9 Å². The third kappa shape index (κ3) is 4.16. The molecule has 0 heterocycles. The van der Waals surface area contributed by atoms with E-state index in [4.69, 9.17) is 4.74 Å². The molecule has 0 aliphatic rings. The highest BCUT2D eigenvalue weighted by atomic mass is 79.9. The van der Waals surface area contributed by atoms with Crippen molar-refractivity contribution in [3.63, 3.8) is 0 Å². The SMILES string of the molecule is COc1cc(NC(=O)c2cc(Br)ccc2O)cc(C(F)(F)F)c1. The van der Waals surface area contributed by atoms with Crippen molar-refractivity contribution < 1.29 is 27.8 Å². The maximum atomic E-state index is 12.8. The van der Waals surface area contributed by atoms with Gasteiger partial charge in [-0.15, -0.1) is 0 Å². The summed E-state index contributed by atoms with van der Waals surface area (Å²) in [7, 11) is 1.22. The molecule has 0 fully saturated rings. The van der Waals surface area contributed by atoms with Crippen molar-refractivity contribution in [2.45, 2.75) is 6.18 Å². The number of methoxy groups -OCH3 is 1. The molecule has 2 rings (SSSR count). The van der Waals surface area contributed by atoms with Crippen LogP contribution in [-0.4, -0.2) is 18.1 Å². The molecule has 0 unspecified atom stereocenters. The number of phenolic OH excluding ortho intramolecular Hbond substituents is 1. The number of halogens is 4. The molecule has 0 saturated heterocycles. The molecule has 0 spiro atoms. The van der Waals surface area contributed by atoms with E-state index in [1.54, 1.807) is 0 Å². The lowest BCUT2D eigenvalue weighted by Gasteiger charge is -2.13. The van der Waals surface area contributed by atoms with Gasteiger partial charge in [-0.1, -0.05) is 15.9 Å². The van der Waals surface area contributed by atoms with Gasteiger partial charge in [-0.25, -0.2) is 0 Å². The number of ether oxygens (including phenoxy) is 1. The average molecular weight is 390 g/mol. The fourth-order valence-electron chi connectivity index (χ4n) is 1.84. The summed E-state index contributed by atoms with van der Waals surface area (Å²) in [5, 5.41) is 12.0. The molecule has 0 aliphatic heterocycles. The fraction of sp³-hybridized carbons (Fsp3) is 0.133. The summed E-state index contributed by atoms with van der Waals surface area (Å²) >= 11 is 3.15. The molecule has 2 N–H and O–H groups in total. The van der Waals surface area contributed by atoms with Crippen molar-refractivity contribution in [3.05, 3.63) is 52.0 Å². The van der Waals surface area contributed by atoms with Crippen LogP contribution in [0.4, 0.5) is 18.9 Å². The summed E-state index contributed by atoms with van der Waals surface area (Å²) in [6.07, 6.45) is -4.58. The number of hydrogen-bond donors (Lipinski definition) is 2. The van der Waals surface area contributed by atoms with Gasteiger partial charge < -0.3 is 15.2 Å². The Balaban J connectivity index is 2.35. The van der Waals surface area contributed by atoms with Gasteiger partial charge in [0.25, 0.3) is 5.91 Å². The van der Waals surface area contributed by atoms with Crippen molar-refractivity contribution >= 4 is 27.5 Å². The van der Waals surface area contributed by atoms with Gasteiger partial charge in [-0.2, -0.15) is 13.2 Å². The highest BCUT2D eigenvalue weighted by Crippen LogP contribution is 2.34. The molecule has 0 radical (unpaired) electrons. The van der Waals surface area contributed by atoms with Gasteiger partial charge in [0.2, 0.25) is 0 Å². The molecule has 0 atom stereocenters. The lowest BCUT2D eigenvalue weighted by molar-refractivity contribution is -0.137. The molecule has 23 heavy (non-hydrogen) atoms. The van der Waals surface area contributed by atoms with E-state index >= 15 is 0 Å². The van der Waals surface area contributed by atoms with Gasteiger partial charge in [0.1, 0.15) is 11.5 Å². The fourth-order valence-corrected chi connectivity index (χ4v) is 2.20. The quantitative estimate of drug-likeness (QED) is 0.815. The number of nitrogens with one attached hydrogen (secondary N) is 1. The lowest BCUT2D eigenvalue weighted by atomic mass is 10.1. The molecule has 2 aromatic rings. The van der Waals surface area contributed by atoms with Gasteiger partial charge >= 0.3 is 6.18 Å². The van der Waals surface area contributed by atoms with Crippen molar-refractivity contribution in [1.29, 1.82) is 0 Å². The maximum absolute atomic E-state index is 12.8. The summed E-state index contributed by atoms with van der Waals surface area (Å²) < 4.78 is 43.9. The predicted octanol–water partition coefficient (Wildman–Crippen LogP) is 4.43. The van der Waals surface area contributed by atoms with Crippen molar-refractivity contribution in [1.82, 2.24) is 0 Å². The lowest BCUT2D eigenvalue weighted by Crippen LogP contribution is -2.13. The minimum Gasteiger partial charge on any atom is -0.507 e. The van der Waals surface area contributed by atoms with Crippen molar-refractivity contribution in [2.24, 2.45) is 0 Å². The summed E-state index contributed by atoms with van der Waals surface area (Å²) in [4.78, 5) is 12.1. The Labute approximate surface area is 138 Å². The first-order valence-corrected chi connectivity index (χ1v) is 7.06. The zero-order valence-corrected chi connectivity index (χ0v) is 13.3. The molecular formula is C15H11BrF3NO3. The van der Waals surface area contributed by atoms with Crippen LogP contribution in [-0.2, 0) is 6.18 Å². The standard InChI is InChI=1S/C15H11BrF3NO3/c1-23-11-5-8(15(17,18)19)4-10(7-11)20-14(22)12-6-9(16)2-3-13(12)21/h2-7,21H,1H3,(H,20,22). The number of aromatic hydroxyl groups is 1. The number of benzene rings is 2. The van der Waals surface area contributed by atoms with Gasteiger partial charge in [0, 0.05) is 16.2 Å². The molecule has 8 heteroatoms. The molecule has 0 saturated carbocycles. The topological polar surface area (TPSA) is 58.6 Å². The van der Waals surface area contributed by atoms with Crippen LogP contribution >= 0.6 is 15.9 Å². The predicted molar refractivity (Wildman–Crippen MR) is 81.8 cm³/mol. The number of amides is 1. The molecule has 0 aromatic heterocycles. The Morgan fingerprint density at radius 2 is 1.91 bits per heavy atom. The van der Waals surface area contributed by atoms with E-state index in [9.17, 15) is 23.1 Å². The van der Waals surface area contributed by atoms with E-state index in [1.165, 1.54) is 31.4 Å². The Kier molecular flexibility index (Phi) is 4.84. The number of carbonyl (C=O) groups is 1. The Hall–Kier alpha value is -2.22. The molecule has 0 bridgehead atoms. The van der Waals surface area contributed by atoms with Gasteiger partial charge in [0.05, 0.1) is 18.2 Å². The number of phenols is 1. The normalized spacial score (nSPS) is 11.2. The van der Waals surface area contributed by atoms with Crippen LogP contribution in [0.25, 0.3) is 0 Å². The third-order valence-electron chi connectivity index (χ3n) is 2.93. The Bertz CT molecular complexity index is 747. The first-order chi connectivity index (χ1) is 10.7. The highest BCUT2D eigenvalue weighted by molar-refractivity contribution is 9.10. The largest absolute Gasteiger partial charge is 0.507 e. The number of rotatable bonds is 3. The van der Waals surface area contributed by atoms with Crippen molar-refractivity contribution in [3.8, 4) is 11.5 Å². The maximum Gasteiger partial charge on any atom is 0.416 e. The average Bonchev–Trinajstić information content (AvgIpc) is 2.48. The second-order valence-electron chi connectivity index (χ2n) is 4.56. The van der Waals surface area contributed by atoms with E-state index < -0.39 is 17.6 Å². The van der Waals surface area contributed by atoms with Crippen molar-refractivity contribution in [2.75, 3.05) is 12.4 Å². The number of anilines is 1. The minimum atomic E-state index is -4.58. The molecular weight excluding hydrogens is 379 g/mol. The van der Waals surface area contributed by atoms with E-state index in [-0.39, 0.29) is 22.7 Å². The molecule has 4 nitrogen and oxygen atoms in total. The number of alkyl halides is 3. The van der Waals surface area contributed by atoms with Crippen LogP contribution < -0.4 is 10.1 Å². The second kappa shape index (κ2) is 6.49. The van der Waals surface area contributed by atoms with E-state index in [1.807, 2.05) is 0 Å². The Morgan fingerprint density at radius 3 is 2.52 bits per heavy atom. The van der Waals surface area contributed by atoms with Gasteiger partial charge in [-0.3, -0.25) is 4.79 Å². The molecule has 122 valence electrons. The summed E-state index contributed by atoms with van der Waals surface area (Å²) in [6, 6.07) is 7.05. The van der Waals surface area contributed by atoms with Crippen LogP contribution in [0.2, 0.25) is 0 Å². The first kappa shape index (κ1) is 17.1. The summed E-state index contributed by atoms with van der Waals surface area (Å²) in [6.45, 7) is 0. The monoisotopic (exact) mass is 389 g/mol. The second-order valence-corrected chi connectivity index (χ2v) is 5.48. The van der Waals surface area contributed by atoms with E-state index in [0.29, 0.717) is 4.47 Å². The smallest absolute Gasteiger partial charge is 0.416 e. The molecule has 1 amide bonds. The first-order valence-electron chi connectivity index (χ1n) is 6.27. The van der Waals surface area contributed by atoms with E-state index in [2.05, 4.69) is 21.2 Å². The zero-order chi connectivity index (χ0) is 17.2. The van der Waals surface area contributed by atoms with Crippen LogP contribution in [0.1, 0.15) is 15.9 Å². The van der Waals surface area contributed by atoms with Crippen LogP contribution in [0, 0.1) is 0 Å². The van der Waals surface area contributed by atoms with Gasteiger partial charge in [0.15, 0.2) is 0 Å².